The molecule has 0 saturated carbocycles. The SMILES string of the molecule is O=S1(=O)CC[C@H](N2CCN(Cn3nc(-c4cccs4)n(-c4ccccc4)c3=S)CC2)C1. The number of benzene rings is 1. The van der Waals surface area contributed by atoms with Gasteiger partial charge in [0.1, 0.15) is 0 Å². The quantitative estimate of drug-likeness (QED) is 0.529. The van der Waals surface area contributed by atoms with E-state index in [4.69, 9.17) is 17.3 Å². The number of nitrogens with zero attached hydrogens (tertiary/aromatic N) is 5. The first-order valence-corrected chi connectivity index (χ1v) is 13.6. The van der Waals surface area contributed by atoms with E-state index in [1.807, 2.05) is 45.6 Å². The summed E-state index contributed by atoms with van der Waals surface area (Å²) < 4.78 is 28.3. The predicted molar refractivity (Wildman–Crippen MR) is 126 cm³/mol. The van der Waals surface area contributed by atoms with E-state index in [2.05, 4.69) is 21.2 Å². The molecule has 0 N–H and O–H groups in total. The lowest BCUT2D eigenvalue weighted by atomic mass is 10.2. The van der Waals surface area contributed by atoms with E-state index in [1.165, 1.54) is 0 Å². The molecule has 0 radical (unpaired) electrons. The summed E-state index contributed by atoms with van der Waals surface area (Å²) in [5, 5.41) is 6.94. The van der Waals surface area contributed by atoms with Crippen molar-refractivity contribution in [2.24, 2.45) is 0 Å². The lowest BCUT2D eigenvalue weighted by Gasteiger charge is -2.37. The molecular formula is C21H25N5O2S3. The summed E-state index contributed by atoms with van der Waals surface area (Å²) in [6.07, 6.45) is 0.763. The third-order valence-corrected chi connectivity index (χ3v) is 9.07. The first kappa shape index (κ1) is 21.0. The Hall–Kier alpha value is -1.85. The molecule has 2 aliphatic heterocycles. The van der Waals surface area contributed by atoms with E-state index in [1.54, 1.807) is 11.3 Å². The number of aromatic nitrogens is 3. The van der Waals surface area contributed by atoms with Gasteiger partial charge in [-0.25, -0.2) is 13.1 Å². The van der Waals surface area contributed by atoms with Gasteiger partial charge in [0.25, 0.3) is 0 Å². The van der Waals surface area contributed by atoms with Gasteiger partial charge in [-0.05, 0) is 42.2 Å². The molecule has 3 aromatic rings. The van der Waals surface area contributed by atoms with Crippen LogP contribution in [0.5, 0.6) is 0 Å². The molecule has 10 heteroatoms. The minimum absolute atomic E-state index is 0.178. The predicted octanol–water partition coefficient (Wildman–Crippen LogP) is 2.89. The van der Waals surface area contributed by atoms with Crippen molar-refractivity contribution in [3.63, 3.8) is 0 Å². The molecule has 0 bridgehead atoms. The van der Waals surface area contributed by atoms with Crippen LogP contribution in [0.25, 0.3) is 16.4 Å². The van der Waals surface area contributed by atoms with Crippen molar-refractivity contribution in [1.82, 2.24) is 24.1 Å². The molecule has 5 rings (SSSR count). The van der Waals surface area contributed by atoms with E-state index in [0.29, 0.717) is 22.9 Å². The smallest absolute Gasteiger partial charge is 0.204 e. The van der Waals surface area contributed by atoms with Gasteiger partial charge in [-0.3, -0.25) is 14.4 Å². The topological polar surface area (TPSA) is 63.4 Å². The van der Waals surface area contributed by atoms with Gasteiger partial charge in [0, 0.05) is 37.9 Å². The maximum absolute atomic E-state index is 11.8. The van der Waals surface area contributed by atoms with Crippen LogP contribution in [-0.2, 0) is 16.5 Å². The Kier molecular flexibility index (Phi) is 5.82. The van der Waals surface area contributed by atoms with Crippen molar-refractivity contribution in [3.05, 3.63) is 52.6 Å². The Balaban J connectivity index is 1.34. The largest absolute Gasteiger partial charge is 0.297 e. The Bertz CT molecular complexity index is 1190. The molecule has 4 heterocycles. The third-order valence-electron chi connectivity index (χ3n) is 6.06. The zero-order valence-electron chi connectivity index (χ0n) is 17.1. The van der Waals surface area contributed by atoms with E-state index in [-0.39, 0.29) is 6.04 Å². The summed E-state index contributed by atoms with van der Waals surface area (Å²) in [7, 11) is -2.85. The summed E-state index contributed by atoms with van der Waals surface area (Å²) in [6.45, 7) is 4.15. The second-order valence-electron chi connectivity index (χ2n) is 8.11. The number of hydrogen-bond acceptors (Lipinski definition) is 7. The van der Waals surface area contributed by atoms with E-state index < -0.39 is 9.84 Å². The van der Waals surface area contributed by atoms with Crippen molar-refractivity contribution in [3.8, 4) is 16.4 Å². The molecule has 2 aliphatic rings. The van der Waals surface area contributed by atoms with Gasteiger partial charge in [0.05, 0.1) is 23.1 Å². The van der Waals surface area contributed by atoms with Gasteiger partial charge in [-0.1, -0.05) is 24.3 Å². The van der Waals surface area contributed by atoms with Crippen molar-refractivity contribution in [2.45, 2.75) is 19.1 Å². The van der Waals surface area contributed by atoms with Crippen molar-refractivity contribution < 1.29 is 8.42 Å². The zero-order chi connectivity index (χ0) is 21.4. The van der Waals surface area contributed by atoms with Crippen LogP contribution in [0.15, 0.2) is 47.8 Å². The van der Waals surface area contributed by atoms with E-state index in [0.717, 1.165) is 49.0 Å². The van der Waals surface area contributed by atoms with Crippen LogP contribution in [0.4, 0.5) is 0 Å². The summed E-state index contributed by atoms with van der Waals surface area (Å²) in [4.78, 5) is 5.76. The lowest BCUT2D eigenvalue weighted by molar-refractivity contribution is 0.0808. The van der Waals surface area contributed by atoms with Gasteiger partial charge in [0.15, 0.2) is 15.7 Å². The molecule has 0 unspecified atom stereocenters. The van der Waals surface area contributed by atoms with E-state index >= 15 is 0 Å². The molecule has 0 amide bonds. The minimum atomic E-state index is -2.85. The zero-order valence-corrected chi connectivity index (χ0v) is 19.6. The number of rotatable bonds is 5. The number of piperazine rings is 1. The summed E-state index contributed by atoms with van der Waals surface area (Å²) in [5.41, 5.74) is 1.01. The number of thiophene rings is 1. The highest BCUT2D eigenvalue weighted by Crippen LogP contribution is 2.27. The second kappa shape index (κ2) is 8.59. The normalized spacial score (nSPS) is 22.1. The maximum atomic E-state index is 11.8. The minimum Gasteiger partial charge on any atom is -0.297 e. The van der Waals surface area contributed by atoms with Gasteiger partial charge in [0.2, 0.25) is 4.77 Å². The van der Waals surface area contributed by atoms with Gasteiger partial charge in [-0.2, -0.15) is 0 Å². The fraction of sp³-hybridized carbons (Fsp3) is 0.429. The molecule has 2 fully saturated rings. The fourth-order valence-corrected chi connectivity index (χ4v) is 7.15. The van der Waals surface area contributed by atoms with Crippen LogP contribution in [-0.4, -0.2) is 76.3 Å². The molecule has 1 atom stereocenters. The van der Waals surface area contributed by atoms with Crippen LogP contribution in [0.1, 0.15) is 6.42 Å². The molecule has 164 valence electrons. The molecule has 0 aliphatic carbocycles. The molecule has 2 saturated heterocycles. The van der Waals surface area contributed by atoms with Gasteiger partial charge in [-0.15, -0.1) is 16.4 Å². The van der Waals surface area contributed by atoms with Crippen molar-refractivity contribution >= 4 is 33.4 Å². The first-order chi connectivity index (χ1) is 15.0. The van der Waals surface area contributed by atoms with Gasteiger partial charge < -0.3 is 0 Å². The summed E-state index contributed by atoms with van der Waals surface area (Å²) >= 11 is 7.49. The molecule has 1 aromatic carbocycles. The van der Waals surface area contributed by atoms with Crippen LogP contribution >= 0.6 is 23.6 Å². The van der Waals surface area contributed by atoms with E-state index in [9.17, 15) is 8.42 Å². The molecule has 0 spiro atoms. The van der Waals surface area contributed by atoms with Crippen LogP contribution in [0.3, 0.4) is 0 Å². The number of hydrogen-bond donors (Lipinski definition) is 0. The van der Waals surface area contributed by atoms with Crippen molar-refractivity contribution in [2.75, 3.05) is 37.7 Å². The van der Waals surface area contributed by atoms with Crippen LogP contribution in [0.2, 0.25) is 0 Å². The molecular weight excluding hydrogens is 450 g/mol. The Morgan fingerprint density at radius 1 is 1.06 bits per heavy atom. The van der Waals surface area contributed by atoms with Gasteiger partial charge >= 0.3 is 0 Å². The second-order valence-corrected chi connectivity index (χ2v) is 11.6. The number of sulfone groups is 1. The summed E-state index contributed by atoms with van der Waals surface area (Å²) in [6, 6.07) is 14.4. The highest BCUT2D eigenvalue weighted by Gasteiger charge is 2.33. The molecule has 7 nitrogen and oxygen atoms in total. The Morgan fingerprint density at radius 2 is 1.84 bits per heavy atom. The third kappa shape index (κ3) is 4.40. The fourth-order valence-electron chi connectivity index (χ4n) is 4.40. The van der Waals surface area contributed by atoms with Crippen molar-refractivity contribution in [1.29, 1.82) is 0 Å². The average Bonchev–Trinajstić information content (AvgIpc) is 3.49. The van der Waals surface area contributed by atoms with Crippen LogP contribution < -0.4 is 0 Å². The molecule has 2 aromatic heterocycles. The summed E-state index contributed by atoms with van der Waals surface area (Å²) in [5.74, 6) is 1.50. The highest BCUT2D eigenvalue weighted by atomic mass is 32.2. The number of para-hydroxylation sites is 1. The molecule has 31 heavy (non-hydrogen) atoms. The Labute approximate surface area is 191 Å². The average molecular weight is 476 g/mol. The Morgan fingerprint density at radius 3 is 2.48 bits per heavy atom. The monoisotopic (exact) mass is 475 g/mol. The standard InChI is InChI=1S/C21H25N5O2S3/c27-31(28)14-8-18(15-31)24-11-9-23(10-12-24)16-25-21(29)26(17-5-2-1-3-6-17)20(22-25)19-7-4-13-30-19/h1-7,13,18H,8-12,14-16H2/t18-/m0/s1. The first-order valence-electron chi connectivity index (χ1n) is 10.5. The maximum Gasteiger partial charge on any atom is 0.204 e. The van der Waals surface area contributed by atoms with Crippen LogP contribution in [0, 0.1) is 4.77 Å². The lowest BCUT2D eigenvalue weighted by Crippen LogP contribution is -2.50. The highest BCUT2D eigenvalue weighted by molar-refractivity contribution is 7.91.